The highest BCUT2D eigenvalue weighted by atomic mass is 16.3. The highest BCUT2D eigenvalue weighted by Crippen LogP contribution is 2.13. The number of nitrogen functional groups attached to an aromatic ring is 1. The van der Waals surface area contributed by atoms with E-state index in [0.29, 0.717) is 0 Å². The van der Waals surface area contributed by atoms with Crippen molar-refractivity contribution in [2.45, 2.75) is 0 Å². The summed E-state index contributed by atoms with van der Waals surface area (Å²) < 4.78 is 0. The Kier molecular flexibility index (Phi) is 1.04. The van der Waals surface area contributed by atoms with Gasteiger partial charge in [-0.05, 0) is 0 Å². The van der Waals surface area contributed by atoms with Crippen LogP contribution in [0, 0.1) is 6.20 Å². The van der Waals surface area contributed by atoms with Crippen LogP contribution < -0.4 is 5.73 Å². The van der Waals surface area contributed by atoms with Crippen molar-refractivity contribution in [3.63, 3.8) is 0 Å². The Balaban J connectivity index is 3.13. The molecule has 1 aromatic rings. The molecule has 0 amide bonds. The number of anilines is 1. The lowest BCUT2D eigenvalue weighted by Gasteiger charge is -1.90. The standard InChI is InChI=1S/C5H5N2O/c6-4-3-7-2-1-5(4)8/h1-2H,6H2,(H,7,8). The second kappa shape index (κ2) is 1.69. The van der Waals surface area contributed by atoms with Crippen molar-refractivity contribution in [3.8, 4) is 5.75 Å². The lowest BCUT2D eigenvalue weighted by Crippen LogP contribution is -1.85. The minimum Gasteiger partial charge on any atom is -0.506 e. The van der Waals surface area contributed by atoms with Gasteiger partial charge in [-0.2, -0.15) is 0 Å². The smallest absolute Gasteiger partial charge is 0.142 e. The van der Waals surface area contributed by atoms with Crippen LogP contribution in [-0.2, 0) is 0 Å². The van der Waals surface area contributed by atoms with Crippen LogP contribution in [0.2, 0.25) is 0 Å². The molecule has 1 radical (unpaired) electrons. The maximum Gasteiger partial charge on any atom is 0.142 e. The van der Waals surface area contributed by atoms with Crippen LogP contribution in [0.5, 0.6) is 5.75 Å². The van der Waals surface area contributed by atoms with Crippen LogP contribution in [-0.4, -0.2) is 10.1 Å². The molecule has 0 spiro atoms. The summed E-state index contributed by atoms with van der Waals surface area (Å²) in [6.07, 6.45) is 3.80. The summed E-state index contributed by atoms with van der Waals surface area (Å²) in [5, 5.41) is 8.72. The number of aromatic nitrogens is 1. The Bertz CT molecular complexity index is 167. The summed E-state index contributed by atoms with van der Waals surface area (Å²) in [6, 6.07) is 1.41. The van der Waals surface area contributed by atoms with Crippen molar-refractivity contribution in [1.29, 1.82) is 0 Å². The molecule has 0 aliphatic heterocycles. The molecule has 3 N–H and O–H groups in total. The largest absolute Gasteiger partial charge is 0.506 e. The average molecular weight is 109 g/mol. The molecule has 0 aromatic carbocycles. The molecule has 1 heterocycles. The Hall–Kier alpha value is -1.25. The van der Waals surface area contributed by atoms with Crippen molar-refractivity contribution in [2.75, 3.05) is 5.73 Å². The molecule has 0 aliphatic carbocycles. The summed E-state index contributed by atoms with van der Waals surface area (Å²) in [5.41, 5.74) is 5.34. The molecule has 1 aromatic heterocycles. The SMILES string of the molecule is Nc1[c]nccc1O. The summed E-state index contributed by atoms with van der Waals surface area (Å²) in [7, 11) is 0. The van der Waals surface area contributed by atoms with E-state index < -0.39 is 0 Å². The Morgan fingerprint density at radius 1 is 1.75 bits per heavy atom. The predicted molar refractivity (Wildman–Crippen MR) is 29.2 cm³/mol. The van der Waals surface area contributed by atoms with E-state index in [1.807, 2.05) is 0 Å². The summed E-state index contributed by atoms with van der Waals surface area (Å²) in [5.74, 6) is 0.0278. The fourth-order valence-electron chi connectivity index (χ4n) is 0.362. The molecule has 0 fully saturated rings. The van der Waals surface area contributed by atoms with Crippen LogP contribution in [0.4, 0.5) is 5.69 Å². The molecule has 3 nitrogen and oxygen atoms in total. The monoisotopic (exact) mass is 109 g/mol. The van der Waals surface area contributed by atoms with E-state index in [1.165, 1.54) is 12.3 Å². The number of rotatable bonds is 0. The summed E-state index contributed by atoms with van der Waals surface area (Å²) >= 11 is 0. The maximum absolute atomic E-state index is 8.72. The Morgan fingerprint density at radius 3 is 2.88 bits per heavy atom. The number of aromatic hydroxyl groups is 1. The summed E-state index contributed by atoms with van der Waals surface area (Å²) in [4.78, 5) is 3.54. The van der Waals surface area contributed by atoms with Crippen LogP contribution in [0.25, 0.3) is 0 Å². The van der Waals surface area contributed by atoms with Crippen LogP contribution in [0.15, 0.2) is 12.3 Å². The minimum absolute atomic E-state index is 0.0278. The fraction of sp³-hybridized carbons (Fsp3) is 0. The Labute approximate surface area is 46.8 Å². The molecule has 1 rings (SSSR count). The van der Waals surface area contributed by atoms with Gasteiger partial charge in [0.15, 0.2) is 0 Å². The van der Waals surface area contributed by atoms with Crippen LogP contribution >= 0.6 is 0 Å². The number of pyridine rings is 1. The van der Waals surface area contributed by atoms with E-state index in [0.717, 1.165) is 0 Å². The minimum atomic E-state index is 0.0278. The van der Waals surface area contributed by atoms with E-state index in [4.69, 9.17) is 10.8 Å². The molecule has 0 saturated heterocycles. The van der Waals surface area contributed by atoms with Gasteiger partial charge in [0.1, 0.15) is 17.6 Å². The third kappa shape index (κ3) is 0.703. The molecule has 0 bridgehead atoms. The van der Waals surface area contributed by atoms with E-state index in [2.05, 4.69) is 11.2 Å². The molecule has 41 valence electrons. The highest BCUT2D eigenvalue weighted by molar-refractivity contribution is 5.47. The zero-order chi connectivity index (χ0) is 5.98. The summed E-state index contributed by atoms with van der Waals surface area (Å²) in [6.45, 7) is 0. The van der Waals surface area contributed by atoms with Crippen molar-refractivity contribution in [1.82, 2.24) is 4.98 Å². The number of hydrogen-bond donors (Lipinski definition) is 2. The van der Waals surface area contributed by atoms with Crippen LogP contribution in [0.1, 0.15) is 0 Å². The molecular formula is C5H5N2O. The van der Waals surface area contributed by atoms with Gasteiger partial charge in [-0.25, -0.2) is 0 Å². The van der Waals surface area contributed by atoms with Gasteiger partial charge in [0, 0.05) is 12.3 Å². The van der Waals surface area contributed by atoms with Crippen molar-refractivity contribution >= 4 is 5.69 Å². The predicted octanol–water partition coefficient (Wildman–Crippen LogP) is 0.170. The number of nitrogens with two attached hydrogens (primary N) is 1. The van der Waals surface area contributed by atoms with E-state index >= 15 is 0 Å². The molecule has 0 unspecified atom stereocenters. The van der Waals surface area contributed by atoms with Gasteiger partial charge >= 0.3 is 0 Å². The normalized spacial score (nSPS) is 9.00. The third-order valence-corrected chi connectivity index (χ3v) is 0.768. The van der Waals surface area contributed by atoms with Gasteiger partial charge in [-0.3, -0.25) is 4.98 Å². The van der Waals surface area contributed by atoms with Crippen LogP contribution in [0.3, 0.4) is 0 Å². The second-order valence-electron chi connectivity index (χ2n) is 1.36. The maximum atomic E-state index is 8.72. The van der Waals surface area contributed by atoms with Gasteiger partial charge in [0.05, 0.1) is 0 Å². The van der Waals surface area contributed by atoms with E-state index in [9.17, 15) is 0 Å². The van der Waals surface area contributed by atoms with E-state index in [1.54, 1.807) is 0 Å². The number of hydrogen-bond acceptors (Lipinski definition) is 3. The molecule has 0 saturated carbocycles. The first kappa shape index (κ1) is 4.90. The van der Waals surface area contributed by atoms with Crippen molar-refractivity contribution < 1.29 is 5.11 Å². The second-order valence-corrected chi connectivity index (χ2v) is 1.36. The Morgan fingerprint density at radius 2 is 2.50 bits per heavy atom. The van der Waals surface area contributed by atoms with Gasteiger partial charge in [-0.15, -0.1) is 0 Å². The fourth-order valence-corrected chi connectivity index (χ4v) is 0.362. The van der Waals surface area contributed by atoms with E-state index in [-0.39, 0.29) is 11.4 Å². The van der Waals surface area contributed by atoms with Gasteiger partial charge in [0.25, 0.3) is 0 Å². The first-order chi connectivity index (χ1) is 3.80. The zero-order valence-corrected chi connectivity index (χ0v) is 4.13. The molecular weight excluding hydrogens is 104 g/mol. The lowest BCUT2D eigenvalue weighted by atomic mass is 10.4. The first-order valence-corrected chi connectivity index (χ1v) is 2.12. The molecule has 3 heteroatoms. The van der Waals surface area contributed by atoms with Gasteiger partial charge in [0.2, 0.25) is 0 Å². The van der Waals surface area contributed by atoms with Crippen molar-refractivity contribution in [2.24, 2.45) is 0 Å². The van der Waals surface area contributed by atoms with Crippen molar-refractivity contribution in [3.05, 3.63) is 18.5 Å². The van der Waals surface area contributed by atoms with Gasteiger partial charge < -0.3 is 10.8 Å². The quantitative estimate of drug-likeness (QED) is 0.499. The molecule has 8 heavy (non-hydrogen) atoms. The molecule has 0 aliphatic rings. The first-order valence-electron chi connectivity index (χ1n) is 2.12. The topological polar surface area (TPSA) is 59.1 Å². The van der Waals surface area contributed by atoms with Gasteiger partial charge in [-0.1, -0.05) is 0 Å². The lowest BCUT2D eigenvalue weighted by molar-refractivity contribution is 0.477. The average Bonchev–Trinajstić information content (AvgIpc) is 1.77. The highest BCUT2D eigenvalue weighted by Gasteiger charge is 1.90. The molecule has 0 atom stereocenters. The third-order valence-electron chi connectivity index (χ3n) is 0.768. The zero-order valence-electron chi connectivity index (χ0n) is 4.13. The number of nitrogens with zero attached hydrogens (tertiary/aromatic N) is 1.